The van der Waals surface area contributed by atoms with Gasteiger partial charge in [0.15, 0.2) is 0 Å². The Morgan fingerprint density at radius 2 is 1.67 bits per heavy atom. The molecule has 2 N–H and O–H groups in total. The molecule has 0 bridgehead atoms. The maximum Gasteiger partial charge on any atom is 0.0565 e. The number of ether oxygens (including phenoxy) is 1. The van der Waals surface area contributed by atoms with Gasteiger partial charge >= 0.3 is 0 Å². The lowest BCUT2D eigenvalue weighted by molar-refractivity contribution is -0.0622. The van der Waals surface area contributed by atoms with Gasteiger partial charge in [-0.05, 0) is 32.6 Å². The summed E-state index contributed by atoms with van der Waals surface area (Å²) in [7, 11) is 0. The number of nitrogens with two attached hydrogens (primary N) is 1. The summed E-state index contributed by atoms with van der Waals surface area (Å²) in [4.78, 5) is 2.57. The molecule has 2 fully saturated rings. The van der Waals surface area contributed by atoms with Gasteiger partial charge in [0.1, 0.15) is 0 Å². The second-order valence-electron chi connectivity index (χ2n) is 5.48. The largest absolute Gasteiger partial charge is 0.375 e. The van der Waals surface area contributed by atoms with E-state index >= 15 is 0 Å². The van der Waals surface area contributed by atoms with Crippen LogP contribution in [-0.4, -0.2) is 42.3 Å². The maximum atomic E-state index is 6.07. The smallest absolute Gasteiger partial charge is 0.0565 e. The van der Waals surface area contributed by atoms with Gasteiger partial charge in [-0.2, -0.15) is 0 Å². The summed E-state index contributed by atoms with van der Waals surface area (Å²) in [6.45, 7) is 8.87. The zero-order chi connectivity index (χ0) is 11.0. The molecule has 2 heterocycles. The summed E-state index contributed by atoms with van der Waals surface area (Å²) in [6.07, 6.45) is 3.16. The molecule has 2 aliphatic rings. The first kappa shape index (κ1) is 11.4. The van der Waals surface area contributed by atoms with Gasteiger partial charge in [-0.1, -0.05) is 6.92 Å². The molecule has 0 aromatic heterocycles. The van der Waals surface area contributed by atoms with Gasteiger partial charge in [0.2, 0.25) is 0 Å². The van der Waals surface area contributed by atoms with Crippen molar-refractivity contribution in [1.82, 2.24) is 4.90 Å². The minimum atomic E-state index is 0.374. The highest BCUT2D eigenvalue weighted by Crippen LogP contribution is 2.27. The van der Waals surface area contributed by atoms with Crippen LogP contribution in [0.15, 0.2) is 0 Å². The second kappa shape index (κ2) is 4.40. The van der Waals surface area contributed by atoms with Crippen molar-refractivity contribution in [3.8, 4) is 0 Å². The molecule has 0 saturated carbocycles. The highest BCUT2D eigenvalue weighted by Gasteiger charge is 2.35. The summed E-state index contributed by atoms with van der Waals surface area (Å²) in [5, 5.41) is 0. The molecule has 2 saturated heterocycles. The summed E-state index contributed by atoms with van der Waals surface area (Å²) >= 11 is 0. The van der Waals surface area contributed by atoms with Gasteiger partial charge < -0.3 is 10.5 Å². The third-order valence-corrected chi connectivity index (χ3v) is 3.89. The predicted molar refractivity (Wildman–Crippen MR) is 61.7 cm³/mol. The molecule has 3 heteroatoms. The summed E-state index contributed by atoms with van der Waals surface area (Å²) < 4.78 is 5.77. The second-order valence-corrected chi connectivity index (χ2v) is 5.48. The predicted octanol–water partition coefficient (Wildman–Crippen LogP) is 1.22. The van der Waals surface area contributed by atoms with Crippen LogP contribution in [0.25, 0.3) is 0 Å². The van der Waals surface area contributed by atoms with E-state index < -0.39 is 0 Å². The van der Waals surface area contributed by atoms with Crippen LogP contribution < -0.4 is 5.73 Å². The fraction of sp³-hybridized carbons (Fsp3) is 1.00. The van der Waals surface area contributed by atoms with Gasteiger partial charge in [0.25, 0.3) is 0 Å². The maximum absolute atomic E-state index is 6.07. The lowest BCUT2D eigenvalue weighted by atomic mass is 9.98. The highest BCUT2D eigenvalue weighted by molar-refractivity contribution is 4.90. The molecule has 0 radical (unpaired) electrons. The van der Waals surface area contributed by atoms with Crippen LogP contribution >= 0.6 is 0 Å². The monoisotopic (exact) mass is 212 g/mol. The Morgan fingerprint density at radius 1 is 1.07 bits per heavy atom. The number of nitrogens with zero attached hydrogens (tertiary/aromatic N) is 1. The normalized spacial score (nSPS) is 48.4. The lowest BCUT2D eigenvalue weighted by Crippen LogP contribution is -2.44. The fourth-order valence-electron chi connectivity index (χ4n) is 3.00. The average Bonchev–Trinajstić information content (AvgIpc) is 2.45. The molecular formula is C12H24N2O. The quantitative estimate of drug-likeness (QED) is 0.710. The van der Waals surface area contributed by atoms with Gasteiger partial charge in [0, 0.05) is 25.2 Å². The third kappa shape index (κ3) is 2.52. The molecule has 2 rings (SSSR count). The van der Waals surface area contributed by atoms with Gasteiger partial charge in [-0.15, -0.1) is 0 Å². The van der Waals surface area contributed by atoms with E-state index in [1.165, 1.54) is 19.4 Å². The lowest BCUT2D eigenvalue weighted by Gasteiger charge is -2.37. The van der Waals surface area contributed by atoms with Crippen LogP contribution in [-0.2, 0) is 4.74 Å². The molecule has 0 amide bonds. The van der Waals surface area contributed by atoms with Crippen molar-refractivity contribution < 1.29 is 4.74 Å². The van der Waals surface area contributed by atoms with E-state index in [-0.39, 0.29) is 0 Å². The Morgan fingerprint density at radius 3 is 2.13 bits per heavy atom. The topological polar surface area (TPSA) is 38.5 Å². The van der Waals surface area contributed by atoms with Crippen molar-refractivity contribution in [2.45, 2.75) is 57.9 Å². The molecule has 0 aromatic rings. The zero-order valence-corrected chi connectivity index (χ0v) is 10.1. The summed E-state index contributed by atoms with van der Waals surface area (Å²) in [5.74, 6) is 0.651. The average molecular weight is 212 g/mol. The van der Waals surface area contributed by atoms with Crippen LogP contribution in [0.4, 0.5) is 0 Å². The number of likely N-dealkylation sites (tertiary alicyclic amines) is 1. The zero-order valence-electron chi connectivity index (χ0n) is 10.1. The fourth-order valence-corrected chi connectivity index (χ4v) is 3.00. The number of hydrogen-bond donors (Lipinski definition) is 1. The van der Waals surface area contributed by atoms with Gasteiger partial charge in [-0.25, -0.2) is 0 Å². The van der Waals surface area contributed by atoms with E-state index in [0.29, 0.717) is 30.2 Å². The van der Waals surface area contributed by atoms with Crippen molar-refractivity contribution in [2.75, 3.05) is 13.1 Å². The third-order valence-electron chi connectivity index (χ3n) is 3.89. The van der Waals surface area contributed by atoms with Crippen LogP contribution in [0.3, 0.4) is 0 Å². The Kier molecular flexibility index (Phi) is 3.33. The van der Waals surface area contributed by atoms with Gasteiger partial charge in [0.05, 0.1) is 12.2 Å². The van der Waals surface area contributed by atoms with Crippen LogP contribution in [0.2, 0.25) is 0 Å². The van der Waals surface area contributed by atoms with Crippen molar-refractivity contribution in [3.63, 3.8) is 0 Å². The number of hydrogen-bond acceptors (Lipinski definition) is 3. The van der Waals surface area contributed by atoms with E-state index in [1.807, 2.05) is 0 Å². The molecule has 0 aliphatic carbocycles. The van der Waals surface area contributed by atoms with E-state index in [2.05, 4.69) is 25.7 Å². The molecule has 0 aromatic carbocycles. The first-order valence-corrected chi connectivity index (χ1v) is 6.21. The minimum Gasteiger partial charge on any atom is -0.375 e. The first-order chi connectivity index (χ1) is 7.06. The van der Waals surface area contributed by atoms with Crippen molar-refractivity contribution >= 4 is 0 Å². The van der Waals surface area contributed by atoms with E-state index in [0.717, 1.165) is 6.54 Å². The van der Waals surface area contributed by atoms with Crippen molar-refractivity contribution in [1.29, 1.82) is 0 Å². The summed E-state index contributed by atoms with van der Waals surface area (Å²) in [5.41, 5.74) is 6.07. The number of rotatable bonds is 1. The summed E-state index contributed by atoms with van der Waals surface area (Å²) in [6, 6.07) is 1.07. The standard InChI is InChI=1S/C12H24N2O/c1-8-6-14(7-12(8)13)11-4-9(2)15-10(3)5-11/h8-12H,4-7,13H2,1-3H3. The highest BCUT2D eigenvalue weighted by atomic mass is 16.5. The van der Waals surface area contributed by atoms with E-state index in [4.69, 9.17) is 10.5 Å². The van der Waals surface area contributed by atoms with E-state index in [1.54, 1.807) is 0 Å². The van der Waals surface area contributed by atoms with E-state index in [9.17, 15) is 0 Å². The van der Waals surface area contributed by atoms with Gasteiger partial charge in [-0.3, -0.25) is 4.90 Å². The van der Waals surface area contributed by atoms with Crippen molar-refractivity contribution in [2.24, 2.45) is 11.7 Å². The minimum absolute atomic E-state index is 0.374. The van der Waals surface area contributed by atoms with Crippen LogP contribution in [0.5, 0.6) is 0 Å². The first-order valence-electron chi connectivity index (χ1n) is 6.21. The Balaban J connectivity index is 1.93. The molecule has 15 heavy (non-hydrogen) atoms. The van der Waals surface area contributed by atoms with Crippen LogP contribution in [0, 0.1) is 5.92 Å². The molecular weight excluding hydrogens is 188 g/mol. The molecule has 4 atom stereocenters. The Bertz CT molecular complexity index is 202. The molecule has 3 nitrogen and oxygen atoms in total. The van der Waals surface area contributed by atoms with Crippen LogP contribution in [0.1, 0.15) is 33.6 Å². The molecule has 0 spiro atoms. The Labute approximate surface area is 93.0 Å². The SMILES string of the molecule is CC1CC(N2CC(C)C(N)C2)CC(C)O1. The molecule has 88 valence electrons. The Hall–Kier alpha value is -0.120. The molecule has 4 unspecified atom stereocenters. The molecule has 2 aliphatic heterocycles. The van der Waals surface area contributed by atoms with Crippen molar-refractivity contribution in [3.05, 3.63) is 0 Å².